The number of benzene rings is 4. The minimum absolute atomic E-state index is 0. The Morgan fingerprint density at radius 2 is 1.14 bits per heavy atom. The van der Waals surface area contributed by atoms with Crippen LogP contribution in [0.4, 0.5) is 22.7 Å². The molecule has 0 bridgehead atoms. The van der Waals surface area contributed by atoms with Crippen LogP contribution in [0.2, 0.25) is 0 Å². The first-order chi connectivity index (χ1) is 16.5. The van der Waals surface area contributed by atoms with Crippen LogP contribution in [-0.2, 0) is 20.2 Å². The molecule has 0 aliphatic rings. The quantitative estimate of drug-likeness (QED) is 0.166. The Kier molecular flexibility index (Phi) is 8.36. The second-order valence-corrected chi connectivity index (χ2v) is 9.97. The summed E-state index contributed by atoms with van der Waals surface area (Å²) >= 11 is 0. The van der Waals surface area contributed by atoms with Crippen molar-refractivity contribution >= 4 is 83.3 Å². The minimum Gasteiger partial charge on any atom is -0.506 e. The second-order valence-electron chi connectivity index (χ2n) is 7.15. The molecule has 179 valence electrons. The molecule has 0 unspecified atom stereocenters. The largest absolute Gasteiger partial charge is 0.506 e. The Morgan fingerprint density at radius 1 is 0.611 bits per heavy atom. The molecule has 14 heteroatoms. The van der Waals surface area contributed by atoms with Gasteiger partial charge >= 0.3 is 0 Å². The monoisotopic (exact) mass is 535 g/mol. The van der Waals surface area contributed by atoms with Crippen molar-refractivity contribution in [3.63, 3.8) is 0 Å². The molecule has 0 amide bonds. The zero-order chi connectivity index (χ0) is 25.2. The Bertz CT molecular complexity index is 1690. The summed E-state index contributed by atoms with van der Waals surface area (Å²) in [6.07, 6.45) is 0. The first-order valence-electron chi connectivity index (χ1n) is 9.76. The first kappa shape index (κ1) is 27.5. The molecule has 0 atom stereocenters. The Balaban J connectivity index is 0.00000361. The molecule has 0 fully saturated rings. The molecule has 1 radical (unpaired) electrons. The molecule has 4 rings (SSSR count). The fourth-order valence-electron chi connectivity index (χ4n) is 3.13. The summed E-state index contributed by atoms with van der Waals surface area (Å²) < 4.78 is 66.0. The number of phenols is 1. The van der Waals surface area contributed by atoms with Gasteiger partial charge in [-0.25, -0.2) is 0 Å². The van der Waals surface area contributed by atoms with Gasteiger partial charge in [-0.15, -0.1) is 5.11 Å². The number of rotatable bonds is 6. The van der Waals surface area contributed by atoms with Crippen molar-refractivity contribution in [3.8, 4) is 5.75 Å². The van der Waals surface area contributed by atoms with Crippen LogP contribution >= 0.6 is 0 Å². The van der Waals surface area contributed by atoms with E-state index in [9.17, 15) is 31.0 Å². The van der Waals surface area contributed by atoms with E-state index in [0.29, 0.717) is 23.1 Å². The van der Waals surface area contributed by atoms with Crippen molar-refractivity contribution in [1.82, 2.24) is 0 Å². The van der Waals surface area contributed by atoms with Crippen LogP contribution in [-0.4, -0.2) is 60.6 Å². The van der Waals surface area contributed by atoms with Gasteiger partial charge in [0.1, 0.15) is 16.3 Å². The summed E-state index contributed by atoms with van der Waals surface area (Å²) in [5.74, 6) is -0.473. The fourth-order valence-corrected chi connectivity index (χ4v) is 4.49. The molecular formula is C22H16N4NaO7S2. The van der Waals surface area contributed by atoms with Crippen molar-refractivity contribution in [1.29, 1.82) is 0 Å². The van der Waals surface area contributed by atoms with Gasteiger partial charge in [0.05, 0.1) is 22.0 Å². The number of phenolic OH excluding ortho intramolecular Hbond substituents is 1. The zero-order valence-electron chi connectivity index (χ0n) is 18.6. The van der Waals surface area contributed by atoms with E-state index >= 15 is 0 Å². The van der Waals surface area contributed by atoms with Crippen molar-refractivity contribution in [3.05, 3.63) is 78.9 Å². The van der Waals surface area contributed by atoms with E-state index in [4.69, 9.17) is 0 Å². The van der Waals surface area contributed by atoms with Gasteiger partial charge in [0.2, 0.25) is 0 Å². The third-order valence-electron chi connectivity index (χ3n) is 4.73. The maximum Gasteiger partial charge on any atom is 0.295 e. The van der Waals surface area contributed by atoms with Gasteiger partial charge in [0, 0.05) is 34.9 Å². The molecule has 0 heterocycles. The predicted octanol–water partition coefficient (Wildman–Crippen LogP) is 5.49. The topological polar surface area (TPSA) is 178 Å². The van der Waals surface area contributed by atoms with E-state index in [2.05, 4.69) is 20.5 Å². The van der Waals surface area contributed by atoms with Crippen molar-refractivity contribution in [2.45, 2.75) is 9.79 Å². The van der Waals surface area contributed by atoms with E-state index in [1.54, 1.807) is 36.4 Å². The van der Waals surface area contributed by atoms with Crippen LogP contribution in [0.15, 0.2) is 109 Å². The molecule has 4 aromatic rings. The summed E-state index contributed by atoms with van der Waals surface area (Å²) in [6, 6.07) is 19.4. The van der Waals surface area contributed by atoms with Gasteiger partial charge in [-0.05, 0) is 60.0 Å². The van der Waals surface area contributed by atoms with E-state index in [0.717, 1.165) is 12.1 Å². The Morgan fingerprint density at radius 3 is 1.67 bits per heavy atom. The van der Waals surface area contributed by atoms with Crippen molar-refractivity contribution in [2.75, 3.05) is 0 Å². The van der Waals surface area contributed by atoms with Crippen molar-refractivity contribution < 1.29 is 31.0 Å². The number of nitrogens with zero attached hydrogens (tertiary/aromatic N) is 4. The summed E-state index contributed by atoms with van der Waals surface area (Å²) in [5.41, 5.74) is 1.20. The van der Waals surface area contributed by atoms with Crippen LogP contribution in [0.1, 0.15) is 0 Å². The number of hydrogen-bond donors (Lipinski definition) is 3. The molecule has 0 saturated carbocycles. The molecule has 0 aromatic heterocycles. The fraction of sp³-hybridized carbons (Fsp3) is 0. The number of fused-ring (bicyclic) bond motifs is 1. The molecule has 0 spiro atoms. The standard InChI is InChI=1S/C22H16N4O7S2.Na/c27-19-11-6-14-12-18(34(28,29)30)13-20(35(31,32)33)21(14)22(19)26-25-17-9-7-16(8-10-17)24-23-15-4-2-1-3-5-15;/h1-13,27H,(H,28,29,30)(H,31,32,33);. The van der Waals surface area contributed by atoms with Gasteiger partial charge < -0.3 is 5.11 Å². The molecule has 11 nitrogen and oxygen atoms in total. The molecule has 0 saturated heterocycles. The molecular weight excluding hydrogens is 519 g/mol. The number of azo groups is 2. The van der Waals surface area contributed by atoms with Gasteiger partial charge in [-0.2, -0.15) is 32.2 Å². The van der Waals surface area contributed by atoms with Crippen LogP contribution in [0.5, 0.6) is 5.75 Å². The Hall–Kier alpha value is -3.04. The number of hydrogen-bond acceptors (Lipinski definition) is 9. The molecule has 4 aromatic carbocycles. The maximum atomic E-state index is 12.0. The average Bonchev–Trinajstić information content (AvgIpc) is 2.81. The predicted molar refractivity (Wildman–Crippen MR) is 132 cm³/mol. The van der Waals surface area contributed by atoms with E-state index in [1.807, 2.05) is 18.2 Å². The minimum atomic E-state index is -4.98. The third kappa shape index (κ3) is 6.39. The maximum absolute atomic E-state index is 12.0. The number of aromatic hydroxyl groups is 1. The van der Waals surface area contributed by atoms with E-state index in [1.165, 1.54) is 6.07 Å². The van der Waals surface area contributed by atoms with Gasteiger partial charge in [-0.3, -0.25) is 9.11 Å². The summed E-state index contributed by atoms with van der Waals surface area (Å²) in [6.45, 7) is 0. The Labute approximate surface area is 228 Å². The van der Waals surface area contributed by atoms with Gasteiger partial charge in [0.15, 0.2) is 0 Å². The summed E-state index contributed by atoms with van der Waals surface area (Å²) in [4.78, 5) is -1.63. The molecule has 0 aliphatic carbocycles. The van der Waals surface area contributed by atoms with E-state index in [-0.39, 0.29) is 46.0 Å². The average molecular weight is 536 g/mol. The SMILES string of the molecule is O=S(=O)(O)c1cc(S(=O)(=O)O)c2c(N=Nc3ccc(N=Nc4ccccc4)cc3)c(O)ccc2c1.[Na]. The van der Waals surface area contributed by atoms with E-state index < -0.39 is 35.8 Å². The van der Waals surface area contributed by atoms with Crippen LogP contribution < -0.4 is 0 Å². The van der Waals surface area contributed by atoms with Crippen molar-refractivity contribution in [2.24, 2.45) is 20.5 Å². The normalized spacial score (nSPS) is 12.3. The van der Waals surface area contributed by atoms with Crippen LogP contribution in [0.25, 0.3) is 10.8 Å². The summed E-state index contributed by atoms with van der Waals surface area (Å²) in [7, 11) is -9.77. The smallest absolute Gasteiger partial charge is 0.295 e. The van der Waals surface area contributed by atoms with Gasteiger partial charge in [0.25, 0.3) is 20.2 Å². The third-order valence-corrected chi connectivity index (χ3v) is 6.44. The zero-order valence-corrected chi connectivity index (χ0v) is 22.2. The summed E-state index contributed by atoms with van der Waals surface area (Å²) in [5, 5.41) is 26.1. The van der Waals surface area contributed by atoms with Crippen LogP contribution in [0, 0.1) is 0 Å². The molecule has 36 heavy (non-hydrogen) atoms. The van der Waals surface area contributed by atoms with Gasteiger partial charge in [-0.1, -0.05) is 24.3 Å². The second kappa shape index (κ2) is 10.9. The first-order valence-corrected chi connectivity index (χ1v) is 12.6. The van der Waals surface area contributed by atoms with Crippen LogP contribution in [0.3, 0.4) is 0 Å². The molecule has 3 N–H and O–H groups in total. The molecule has 0 aliphatic heterocycles.